The lowest BCUT2D eigenvalue weighted by atomic mass is 10.5. The van der Waals surface area contributed by atoms with Crippen molar-refractivity contribution in [1.29, 1.82) is 0 Å². The number of rotatable bonds is 3. The molecule has 9 nitrogen and oxygen atoms in total. The van der Waals surface area contributed by atoms with Crippen molar-refractivity contribution in [2.24, 2.45) is 14.1 Å². The number of nitrogens with zero attached hydrogens (tertiary/aromatic N) is 3. The van der Waals surface area contributed by atoms with Crippen LogP contribution in [-0.4, -0.2) is 39.9 Å². The van der Waals surface area contributed by atoms with E-state index >= 15 is 0 Å². The first kappa shape index (κ1) is 15.9. The van der Waals surface area contributed by atoms with E-state index in [0.717, 1.165) is 11.2 Å². The number of carbonyl (C=O) groups is 1. The van der Waals surface area contributed by atoms with Crippen molar-refractivity contribution in [3.63, 3.8) is 0 Å². The van der Waals surface area contributed by atoms with Crippen molar-refractivity contribution in [3.05, 3.63) is 33.8 Å². The third kappa shape index (κ3) is 3.42. The van der Waals surface area contributed by atoms with Gasteiger partial charge in [0.25, 0.3) is 5.56 Å². The normalized spacial score (nSPS) is 10.8. The van der Waals surface area contributed by atoms with Gasteiger partial charge in [0.2, 0.25) is 0 Å². The van der Waals surface area contributed by atoms with E-state index in [1.54, 1.807) is 7.05 Å². The molecule has 0 unspecified atom stereocenters. The fourth-order valence-electron chi connectivity index (χ4n) is 1.42. The third-order valence-corrected chi connectivity index (χ3v) is 2.88. The van der Waals surface area contributed by atoms with Crippen LogP contribution in [0.25, 0.3) is 11.2 Å². The Hall–Kier alpha value is -2.20. The summed E-state index contributed by atoms with van der Waals surface area (Å²) in [6.45, 7) is 2.69. The topological polar surface area (TPSA) is 119 Å². The molecule has 0 saturated heterocycles. The average Bonchev–Trinajstić information content (AvgIpc) is 2.90. The Morgan fingerprint density at radius 1 is 1.45 bits per heavy atom. The van der Waals surface area contributed by atoms with Crippen LogP contribution in [0.4, 0.5) is 0 Å². The van der Waals surface area contributed by atoms with Crippen LogP contribution >= 0.6 is 0 Å². The Kier molecular flexibility index (Phi) is 5.40. The second-order valence-corrected chi connectivity index (χ2v) is 4.63. The van der Waals surface area contributed by atoms with Crippen LogP contribution in [0.5, 0.6) is 0 Å². The van der Waals surface area contributed by atoms with Crippen LogP contribution in [0.15, 0.2) is 15.9 Å². The molecule has 2 heterocycles. The zero-order chi connectivity index (χ0) is 15.3. The molecule has 1 radical (unpaired) electrons. The minimum atomic E-state index is -1.01. The van der Waals surface area contributed by atoms with Gasteiger partial charge in [0.05, 0.1) is 6.33 Å². The minimum absolute atomic E-state index is 0.351. The van der Waals surface area contributed by atoms with E-state index in [2.05, 4.69) is 14.4 Å². The molecule has 20 heavy (non-hydrogen) atoms. The largest absolute Gasteiger partial charge is 0.479 e. The standard InChI is InChI=1S/C7H8N4O2.C3H7O3Si/c1-10-5-4(8-3-9-5)6(12)11(2)7(10)13;1-7-6-2-3(4)5/h3H,1-2H3,(H,8,9);2H,7H2,1H3,(H,4,5). The van der Waals surface area contributed by atoms with Gasteiger partial charge in [-0.3, -0.25) is 13.9 Å². The van der Waals surface area contributed by atoms with Gasteiger partial charge in [-0.25, -0.2) is 14.6 Å². The summed E-state index contributed by atoms with van der Waals surface area (Å²) in [5, 5.41) is 7.89. The molecule has 0 spiro atoms. The van der Waals surface area contributed by atoms with Crippen molar-refractivity contribution >= 4 is 26.9 Å². The number of nitrogens with one attached hydrogen (secondary N) is 1. The van der Waals surface area contributed by atoms with Gasteiger partial charge in [-0.2, -0.15) is 0 Å². The molecule has 2 aromatic rings. The number of aryl methyl sites for hydroxylation is 1. The number of aliphatic carboxylic acids is 1. The van der Waals surface area contributed by atoms with E-state index in [1.807, 2.05) is 6.55 Å². The molecular formula is C10H15N4O5Si. The Morgan fingerprint density at radius 3 is 2.60 bits per heavy atom. The van der Waals surface area contributed by atoms with Crippen molar-refractivity contribution in [1.82, 2.24) is 19.1 Å². The fourth-order valence-corrected chi connectivity index (χ4v) is 1.73. The van der Waals surface area contributed by atoms with Crippen LogP contribution in [-0.2, 0) is 23.3 Å². The summed E-state index contributed by atoms with van der Waals surface area (Å²) in [5.41, 5.74) is 0.0119. The van der Waals surface area contributed by atoms with E-state index in [4.69, 9.17) is 5.11 Å². The highest BCUT2D eigenvalue weighted by molar-refractivity contribution is 6.25. The maximum Gasteiger partial charge on any atom is 0.334 e. The number of hydrogen-bond acceptors (Lipinski definition) is 5. The van der Waals surface area contributed by atoms with Crippen LogP contribution in [0.2, 0.25) is 6.55 Å². The molecule has 2 N–H and O–H groups in total. The first-order valence-corrected chi connectivity index (χ1v) is 7.66. The number of imidazole rings is 1. The highest BCUT2D eigenvalue weighted by Gasteiger charge is 2.08. The van der Waals surface area contributed by atoms with Crippen molar-refractivity contribution in [3.8, 4) is 0 Å². The number of hydrogen-bond donors (Lipinski definition) is 2. The number of carboxylic acid groups (broad SMARTS) is 1. The molecule has 109 valence electrons. The average molecular weight is 299 g/mol. The summed E-state index contributed by atoms with van der Waals surface area (Å²) in [4.78, 5) is 39.0. The predicted octanol–water partition coefficient (Wildman–Crippen LogP) is -1.66. The SMILES string of the molecule is C[SiH2]O[CH]C(=O)O.Cn1c(=O)c2[nH]cnc2n(C)c1=O. The Morgan fingerprint density at radius 2 is 2.10 bits per heavy atom. The minimum Gasteiger partial charge on any atom is -0.479 e. The van der Waals surface area contributed by atoms with Gasteiger partial charge in [-0.05, 0) is 0 Å². The lowest BCUT2D eigenvalue weighted by Gasteiger charge is -2.00. The fraction of sp³-hybridized carbons (Fsp3) is 0.300. The second-order valence-electron chi connectivity index (χ2n) is 3.72. The van der Waals surface area contributed by atoms with E-state index in [1.165, 1.54) is 17.9 Å². The van der Waals surface area contributed by atoms with Crippen molar-refractivity contribution in [2.45, 2.75) is 6.55 Å². The summed E-state index contributed by atoms with van der Waals surface area (Å²) in [5.74, 6) is -1.01. The summed E-state index contributed by atoms with van der Waals surface area (Å²) in [7, 11) is 2.44. The van der Waals surface area contributed by atoms with Crippen LogP contribution in [0, 0.1) is 6.61 Å². The Balaban J connectivity index is 0.000000246. The van der Waals surface area contributed by atoms with Gasteiger partial charge < -0.3 is 14.5 Å². The maximum absolute atomic E-state index is 11.4. The van der Waals surface area contributed by atoms with Gasteiger partial charge in [0.1, 0.15) is 5.52 Å². The highest BCUT2D eigenvalue weighted by atomic mass is 28.2. The molecule has 0 atom stereocenters. The smallest absolute Gasteiger partial charge is 0.334 e. The molecule has 10 heteroatoms. The molecule has 0 amide bonds. The first-order chi connectivity index (χ1) is 9.40. The molecule has 0 aliphatic rings. The summed E-state index contributed by atoms with van der Waals surface area (Å²) < 4.78 is 6.88. The Bertz CT molecular complexity index is 716. The van der Waals surface area contributed by atoms with Crippen LogP contribution in [0.1, 0.15) is 0 Å². The molecule has 0 aromatic carbocycles. The van der Waals surface area contributed by atoms with Crippen LogP contribution < -0.4 is 11.2 Å². The number of H-pyrrole nitrogens is 1. The van der Waals surface area contributed by atoms with Gasteiger partial charge >= 0.3 is 11.7 Å². The zero-order valence-corrected chi connectivity index (χ0v) is 12.7. The van der Waals surface area contributed by atoms with E-state index in [0.29, 0.717) is 11.2 Å². The van der Waals surface area contributed by atoms with E-state index in [-0.39, 0.29) is 11.2 Å². The quantitative estimate of drug-likeness (QED) is 0.655. The molecule has 2 rings (SSSR count). The summed E-state index contributed by atoms with van der Waals surface area (Å²) in [6, 6.07) is 0. The van der Waals surface area contributed by atoms with Gasteiger partial charge in [0, 0.05) is 14.1 Å². The molecule has 2 aromatic heterocycles. The zero-order valence-electron chi connectivity index (χ0n) is 11.3. The number of fused-ring (bicyclic) bond motifs is 1. The van der Waals surface area contributed by atoms with Crippen LogP contribution in [0.3, 0.4) is 0 Å². The molecule has 0 fully saturated rings. The highest BCUT2D eigenvalue weighted by Crippen LogP contribution is 1.97. The number of carboxylic acids is 1. The monoisotopic (exact) mass is 299 g/mol. The number of aromatic nitrogens is 4. The number of aromatic amines is 1. The third-order valence-electron chi connectivity index (χ3n) is 2.38. The van der Waals surface area contributed by atoms with Gasteiger partial charge in [-0.1, -0.05) is 6.55 Å². The van der Waals surface area contributed by atoms with Gasteiger partial charge in [0.15, 0.2) is 22.0 Å². The van der Waals surface area contributed by atoms with Crippen molar-refractivity contribution < 1.29 is 14.3 Å². The lowest BCUT2D eigenvalue weighted by Crippen LogP contribution is -2.36. The summed E-state index contributed by atoms with van der Waals surface area (Å²) in [6.07, 6.45) is 1.39. The van der Waals surface area contributed by atoms with Gasteiger partial charge in [-0.15, -0.1) is 0 Å². The van der Waals surface area contributed by atoms with E-state index in [9.17, 15) is 14.4 Å². The molecule has 0 bridgehead atoms. The molecule has 0 aliphatic heterocycles. The lowest BCUT2D eigenvalue weighted by molar-refractivity contribution is -0.135. The Labute approximate surface area is 115 Å². The maximum atomic E-state index is 11.4. The molecule has 0 saturated carbocycles. The summed E-state index contributed by atoms with van der Waals surface area (Å²) >= 11 is 0. The first-order valence-electron chi connectivity index (χ1n) is 5.67. The predicted molar refractivity (Wildman–Crippen MR) is 74.0 cm³/mol. The van der Waals surface area contributed by atoms with Crippen molar-refractivity contribution in [2.75, 3.05) is 0 Å². The molecule has 0 aliphatic carbocycles. The molecular weight excluding hydrogens is 284 g/mol. The second kappa shape index (κ2) is 6.82. The van der Waals surface area contributed by atoms with E-state index < -0.39 is 15.7 Å².